The zero-order valence-electron chi connectivity index (χ0n) is 25.9. The Kier molecular flexibility index (Phi) is 10.8. The molecule has 12 heteroatoms. The van der Waals surface area contributed by atoms with Crippen molar-refractivity contribution in [3.8, 4) is 11.5 Å². The van der Waals surface area contributed by atoms with E-state index < -0.39 is 22.9 Å². The first-order chi connectivity index (χ1) is 24.1. The predicted octanol–water partition coefficient (Wildman–Crippen LogP) is 8.87. The van der Waals surface area contributed by atoms with Gasteiger partial charge in [-0.05, 0) is 97.1 Å². The number of amides is 4. The second-order valence-electron chi connectivity index (χ2n) is 10.9. The molecule has 1 heterocycles. The molecular formula is C38H26BrClFN3O5S. The molecule has 50 heavy (non-hydrogen) atoms. The van der Waals surface area contributed by atoms with Crippen molar-refractivity contribution in [1.29, 1.82) is 0 Å². The molecule has 1 fully saturated rings. The molecule has 1 saturated heterocycles. The highest BCUT2D eigenvalue weighted by molar-refractivity contribution is 9.10. The summed E-state index contributed by atoms with van der Waals surface area (Å²) in [4.78, 5) is 54.7. The van der Waals surface area contributed by atoms with Crippen LogP contribution in [-0.2, 0) is 14.4 Å². The van der Waals surface area contributed by atoms with Gasteiger partial charge in [-0.2, -0.15) is 0 Å². The molecule has 6 rings (SSSR count). The minimum Gasteiger partial charge on any atom is -0.457 e. The number of ether oxygens (including phenoxy) is 1. The minimum absolute atomic E-state index is 0.0148. The van der Waals surface area contributed by atoms with Crippen LogP contribution in [0.25, 0.3) is 6.08 Å². The quantitative estimate of drug-likeness (QED) is 0.109. The number of hydrogen-bond acceptors (Lipinski definition) is 6. The fraction of sp³-hybridized carbons (Fsp3) is 0.0526. The molecule has 1 aliphatic heterocycles. The highest BCUT2D eigenvalue weighted by Gasteiger charge is 2.40. The van der Waals surface area contributed by atoms with Crippen LogP contribution in [0.15, 0.2) is 136 Å². The number of carbonyl (C=O) groups excluding carboxylic acids is 4. The first kappa shape index (κ1) is 34.6. The minimum atomic E-state index is -0.701. The van der Waals surface area contributed by atoms with Crippen LogP contribution in [0.2, 0.25) is 5.02 Å². The van der Waals surface area contributed by atoms with Crippen LogP contribution in [0, 0.1) is 5.82 Å². The number of thioether (sulfide) groups is 1. The van der Waals surface area contributed by atoms with Crippen molar-refractivity contribution in [2.24, 2.45) is 0 Å². The van der Waals surface area contributed by atoms with E-state index in [9.17, 15) is 23.6 Å². The largest absolute Gasteiger partial charge is 0.457 e. The van der Waals surface area contributed by atoms with Crippen LogP contribution >= 0.6 is 39.3 Å². The van der Waals surface area contributed by atoms with E-state index in [0.29, 0.717) is 42.8 Å². The molecule has 0 aromatic heterocycles. The van der Waals surface area contributed by atoms with E-state index in [2.05, 4.69) is 26.6 Å². The summed E-state index contributed by atoms with van der Waals surface area (Å²) in [5.41, 5.74) is 0.972. The Morgan fingerprint density at radius 1 is 0.880 bits per heavy atom. The van der Waals surface area contributed by atoms with Crippen molar-refractivity contribution < 1.29 is 28.3 Å². The molecule has 1 atom stereocenters. The summed E-state index contributed by atoms with van der Waals surface area (Å²) in [6, 6.07) is 32.9. The third kappa shape index (κ3) is 8.31. The molecule has 5 aromatic rings. The highest BCUT2D eigenvalue weighted by Crippen LogP contribution is 2.36. The van der Waals surface area contributed by atoms with Gasteiger partial charge in [-0.15, -0.1) is 11.8 Å². The molecule has 4 amide bonds. The van der Waals surface area contributed by atoms with Crippen molar-refractivity contribution in [2.75, 3.05) is 10.2 Å². The van der Waals surface area contributed by atoms with E-state index >= 15 is 0 Å². The van der Waals surface area contributed by atoms with Gasteiger partial charge in [0.2, 0.25) is 11.8 Å². The summed E-state index contributed by atoms with van der Waals surface area (Å²) in [5.74, 6) is -1.44. The number of benzene rings is 5. The van der Waals surface area contributed by atoms with Gasteiger partial charge >= 0.3 is 0 Å². The van der Waals surface area contributed by atoms with Gasteiger partial charge in [0.15, 0.2) is 0 Å². The molecule has 250 valence electrons. The van der Waals surface area contributed by atoms with Crippen LogP contribution in [0.5, 0.6) is 11.5 Å². The third-order valence-corrected chi connectivity index (χ3v) is 9.56. The first-order valence-corrected chi connectivity index (χ1v) is 17.2. The summed E-state index contributed by atoms with van der Waals surface area (Å²) in [6.45, 7) is 0. The Morgan fingerprint density at radius 2 is 1.56 bits per heavy atom. The molecule has 0 saturated carbocycles. The Hall–Kier alpha value is -5.23. The number of nitrogens with one attached hydrogen (secondary N) is 2. The van der Waals surface area contributed by atoms with Gasteiger partial charge in [0.25, 0.3) is 11.8 Å². The predicted molar refractivity (Wildman–Crippen MR) is 196 cm³/mol. The van der Waals surface area contributed by atoms with Gasteiger partial charge in [-0.1, -0.05) is 57.9 Å². The van der Waals surface area contributed by atoms with Crippen molar-refractivity contribution in [3.05, 3.63) is 153 Å². The summed E-state index contributed by atoms with van der Waals surface area (Å²) in [6.07, 6.45) is 1.24. The molecule has 8 nitrogen and oxygen atoms in total. The molecule has 5 aromatic carbocycles. The number of imide groups is 1. The van der Waals surface area contributed by atoms with E-state index in [1.165, 1.54) is 30.0 Å². The average Bonchev–Trinajstić information content (AvgIpc) is 3.39. The van der Waals surface area contributed by atoms with E-state index in [4.69, 9.17) is 16.3 Å². The Balaban J connectivity index is 1.15. The van der Waals surface area contributed by atoms with Gasteiger partial charge < -0.3 is 15.4 Å². The van der Waals surface area contributed by atoms with E-state index in [0.717, 1.165) is 4.90 Å². The number of halogens is 3. The van der Waals surface area contributed by atoms with Gasteiger partial charge in [0.1, 0.15) is 23.0 Å². The van der Waals surface area contributed by atoms with E-state index in [1.807, 2.05) is 0 Å². The molecular weight excluding hydrogens is 745 g/mol. The molecule has 0 spiro atoms. The second-order valence-corrected chi connectivity index (χ2v) is 13.5. The zero-order chi connectivity index (χ0) is 35.2. The number of rotatable bonds is 10. The fourth-order valence-corrected chi connectivity index (χ4v) is 6.71. The summed E-state index contributed by atoms with van der Waals surface area (Å²) >= 11 is 10.4. The Bertz CT molecular complexity index is 2090. The first-order valence-electron chi connectivity index (χ1n) is 15.1. The van der Waals surface area contributed by atoms with Crippen molar-refractivity contribution in [1.82, 2.24) is 5.32 Å². The lowest BCUT2D eigenvalue weighted by Gasteiger charge is -2.16. The molecule has 0 aliphatic carbocycles. The smallest absolute Gasteiger partial charge is 0.272 e. The Labute approximate surface area is 304 Å². The van der Waals surface area contributed by atoms with Crippen LogP contribution in [0.3, 0.4) is 0 Å². The zero-order valence-corrected chi connectivity index (χ0v) is 29.1. The summed E-state index contributed by atoms with van der Waals surface area (Å²) < 4.78 is 20.9. The van der Waals surface area contributed by atoms with Crippen LogP contribution in [0.1, 0.15) is 22.3 Å². The maximum atomic E-state index is 14.7. The third-order valence-electron chi connectivity index (χ3n) is 7.44. The monoisotopic (exact) mass is 769 g/mol. The lowest BCUT2D eigenvalue weighted by molar-refractivity contribution is -0.121. The number of nitrogens with zero attached hydrogens (tertiary/aromatic N) is 1. The molecule has 1 unspecified atom stereocenters. The molecule has 2 N–H and O–H groups in total. The lowest BCUT2D eigenvalue weighted by atomic mass is 10.1. The maximum Gasteiger partial charge on any atom is 0.272 e. The summed E-state index contributed by atoms with van der Waals surface area (Å²) in [5, 5.41) is 5.23. The molecule has 0 bridgehead atoms. The van der Waals surface area contributed by atoms with Gasteiger partial charge in [0, 0.05) is 37.6 Å². The van der Waals surface area contributed by atoms with Gasteiger partial charge in [-0.3, -0.25) is 19.2 Å². The number of hydrogen-bond donors (Lipinski definition) is 2. The van der Waals surface area contributed by atoms with Crippen LogP contribution in [-0.4, -0.2) is 28.9 Å². The van der Waals surface area contributed by atoms with Crippen molar-refractivity contribution in [3.63, 3.8) is 0 Å². The average molecular weight is 771 g/mol. The normalized spacial score (nSPS) is 14.4. The topological polar surface area (TPSA) is 105 Å². The second kappa shape index (κ2) is 15.5. The molecule has 0 radical (unpaired) electrons. The summed E-state index contributed by atoms with van der Waals surface area (Å²) in [7, 11) is 0. The van der Waals surface area contributed by atoms with Crippen LogP contribution in [0.4, 0.5) is 15.8 Å². The standard InChI is InChI=1S/C38H26BrClFN3O5S/c39-31-10-5-11-32(41)30(31)21-33(43-36(46)23-6-2-1-3-7-23)37(47)42-25-8-4-9-29(20-25)50-34-22-35(45)44(38(34)48)26-14-18-28(19-15-26)49-27-16-12-24(40)13-17-27/h1-21,34H,22H2,(H,42,47)(H,43,46). The molecule has 1 aliphatic rings. The van der Waals surface area contributed by atoms with Crippen LogP contribution < -0.4 is 20.3 Å². The number of carbonyl (C=O) groups is 4. The van der Waals surface area contributed by atoms with E-state index in [-0.39, 0.29) is 29.5 Å². The van der Waals surface area contributed by atoms with Crippen molar-refractivity contribution >= 4 is 80.4 Å². The highest BCUT2D eigenvalue weighted by atomic mass is 79.9. The fourth-order valence-electron chi connectivity index (χ4n) is 5.01. The maximum absolute atomic E-state index is 14.7. The van der Waals surface area contributed by atoms with Gasteiger partial charge in [0.05, 0.1) is 10.9 Å². The Morgan fingerprint density at radius 3 is 2.26 bits per heavy atom. The van der Waals surface area contributed by atoms with Crippen molar-refractivity contribution in [2.45, 2.75) is 16.6 Å². The van der Waals surface area contributed by atoms with Gasteiger partial charge in [-0.25, -0.2) is 9.29 Å². The number of anilines is 2. The van der Waals surface area contributed by atoms with E-state index in [1.54, 1.807) is 109 Å². The lowest BCUT2D eigenvalue weighted by Crippen LogP contribution is -2.31. The SMILES string of the molecule is O=C(Nc1cccc(SC2CC(=O)N(c3ccc(Oc4ccc(Cl)cc4)cc3)C2=O)c1)C(=Cc1c(F)cccc1Br)NC(=O)c1ccccc1.